The van der Waals surface area contributed by atoms with E-state index in [-0.39, 0.29) is 11.0 Å². The average Bonchev–Trinajstić information content (AvgIpc) is 2.46. The van der Waals surface area contributed by atoms with Gasteiger partial charge >= 0.3 is 5.97 Å². The lowest BCUT2D eigenvalue weighted by Gasteiger charge is -2.56. The zero-order chi connectivity index (χ0) is 16.2. The summed E-state index contributed by atoms with van der Waals surface area (Å²) in [7, 11) is 0. The van der Waals surface area contributed by atoms with E-state index >= 15 is 0 Å². The second-order valence-corrected chi connectivity index (χ2v) is 8.94. The molecule has 4 bridgehead atoms. The lowest BCUT2D eigenvalue weighted by molar-refractivity contribution is -0.0747. The Labute approximate surface area is 148 Å². The maximum Gasteiger partial charge on any atom is 0.338 e. The Balaban J connectivity index is 1.51. The normalized spacial score (nSPS) is 34.6. The standard InChI is InChI=1S/C18H20FIO3/c19-14-5-16(15(20)4-13(14)17(21)22)23-9-18-6-10-1-11(7-18)3-12(2-10)8-18/h4-5,10-12H,1-3,6-9H2,(H,21,22). The summed E-state index contributed by atoms with van der Waals surface area (Å²) < 4.78 is 20.6. The van der Waals surface area contributed by atoms with Crippen LogP contribution in [0.5, 0.6) is 5.75 Å². The average molecular weight is 430 g/mol. The topological polar surface area (TPSA) is 46.5 Å². The van der Waals surface area contributed by atoms with Gasteiger partial charge in [-0.1, -0.05) is 0 Å². The van der Waals surface area contributed by atoms with Crippen LogP contribution in [-0.2, 0) is 0 Å². The third-order valence-electron chi connectivity index (χ3n) is 5.95. The molecule has 5 rings (SSSR count). The molecule has 4 fully saturated rings. The molecule has 0 spiro atoms. The molecular formula is C18H20FIO3. The fraction of sp³-hybridized carbons (Fsp3) is 0.611. The number of hydrogen-bond donors (Lipinski definition) is 1. The van der Waals surface area contributed by atoms with Gasteiger partial charge in [0.1, 0.15) is 11.6 Å². The third-order valence-corrected chi connectivity index (χ3v) is 6.79. The first-order valence-corrected chi connectivity index (χ1v) is 9.37. The molecule has 0 aliphatic heterocycles. The number of hydrogen-bond acceptors (Lipinski definition) is 2. The van der Waals surface area contributed by atoms with Crippen molar-refractivity contribution in [2.45, 2.75) is 38.5 Å². The van der Waals surface area contributed by atoms with Gasteiger partial charge in [0.2, 0.25) is 0 Å². The Kier molecular flexibility index (Phi) is 3.82. The lowest BCUT2D eigenvalue weighted by atomic mass is 9.50. The van der Waals surface area contributed by atoms with Crippen LogP contribution in [0.2, 0.25) is 0 Å². The lowest BCUT2D eigenvalue weighted by Crippen LogP contribution is -2.48. The highest BCUT2D eigenvalue weighted by molar-refractivity contribution is 14.1. The van der Waals surface area contributed by atoms with Gasteiger partial charge in [0.05, 0.1) is 15.7 Å². The molecule has 0 heterocycles. The first-order valence-electron chi connectivity index (χ1n) is 8.29. The Morgan fingerprint density at radius 1 is 1.22 bits per heavy atom. The molecule has 1 aromatic rings. The van der Waals surface area contributed by atoms with Crippen LogP contribution in [-0.4, -0.2) is 17.7 Å². The van der Waals surface area contributed by atoms with Crippen molar-refractivity contribution in [3.05, 3.63) is 27.1 Å². The number of halogens is 2. The van der Waals surface area contributed by atoms with Crippen molar-refractivity contribution >= 4 is 28.6 Å². The first-order chi connectivity index (χ1) is 10.9. The Hall–Kier alpha value is -0.850. The van der Waals surface area contributed by atoms with Crippen LogP contribution in [0.3, 0.4) is 0 Å². The van der Waals surface area contributed by atoms with Crippen LogP contribution in [0.25, 0.3) is 0 Å². The van der Waals surface area contributed by atoms with Gasteiger partial charge in [0.15, 0.2) is 0 Å². The van der Waals surface area contributed by atoms with E-state index in [1.54, 1.807) is 0 Å². The number of rotatable bonds is 4. The number of aromatic carboxylic acids is 1. The van der Waals surface area contributed by atoms with Crippen molar-refractivity contribution in [3.8, 4) is 5.75 Å². The van der Waals surface area contributed by atoms with Gasteiger partial charge in [-0.25, -0.2) is 9.18 Å². The van der Waals surface area contributed by atoms with E-state index < -0.39 is 11.8 Å². The number of benzene rings is 1. The fourth-order valence-corrected chi connectivity index (χ4v) is 6.12. The number of carboxylic acid groups (broad SMARTS) is 1. The van der Waals surface area contributed by atoms with Crippen molar-refractivity contribution in [3.63, 3.8) is 0 Å². The minimum atomic E-state index is -1.24. The van der Waals surface area contributed by atoms with Crippen molar-refractivity contribution < 1.29 is 19.0 Å². The summed E-state index contributed by atoms with van der Waals surface area (Å²) in [5, 5.41) is 8.98. The molecule has 1 aromatic carbocycles. The first kappa shape index (κ1) is 15.7. The van der Waals surface area contributed by atoms with Crippen LogP contribution >= 0.6 is 22.6 Å². The van der Waals surface area contributed by atoms with E-state index in [9.17, 15) is 9.18 Å². The van der Waals surface area contributed by atoms with Crippen LogP contribution in [0, 0.1) is 32.6 Å². The summed E-state index contributed by atoms with van der Waals surface area (Å²) >= 11 is 2.02. The van der Waals surface area contributed by atoms with E-state index in [1.807, 2.05) is 22.6 Å². The Bertz CT molecular complexity index is 623. The van der Waals surface area contributed by atoms with Gasteiger partial charge in [-0.05, 0) is 84.9 Å². The molecule has 4 aliphatic rings. The van der Waals surface area contributed by atoms with Crippen LogP contribution < -0.4 is 4.74 Å². The van der Waals surface area contributed by atoms with Gasteiger partial charge < -0.3 is 9.84 Å². The van der Waals surface area contributed by atoms with Gasteiger partial charge in [0.25, 0.3) is 0 Å². The van der Waals surface area contributed by atoms with Crippen LogP contribution in [0.4, 0.5) is 4.39 Å². The summed E-state index contributed by atoms with van der Waals surface area (Å²) in [5.41, 5.74) is -0.0312. The van der Waals surface area contributed by atoms with E-state index in [0.717, 1.165) is 17.8 Å². The predicted molar refractivity (Wildman–Crippen MR) is 92.2 cm³/mol. The maximum atomic E-state index is 13.9. The highest BCUT2D eigenvalue weighted by atomic mass is 127. The third kappa shape index (κ3) is 2.85. The van der Waals surface area contributed by atoms with Gasteiger partial charge in [-0.3, -0.25) is 0 Å². The highest BCUT2D eigenvalue weighted by Gasteiger charge is 2.51. The van der Waals surface area contributed by atoms with E-state index in [0.29, 0.717) is 15.9 Å². The molecule has 5 heteroatoms. The molecule has 0 aromatic heterocycles. The Morgan fingerprint density at radius 3 is 2.30 bits per heavy atom. The second kappa shape index (κ2) is 5.60. The molecule has 23 heavy (non-hydrogen) atoms. The molecule has 4 aliphatic carbocycles. The van der Waals surface area contributed by atoms with E-state index in [4.69, 9.17) is 9.84 Å². The SMILES string of the molecule is O=C(O)c1cc(I)c(OCC23CC4CC(CC(C4)C2)C3)cc1F. The van der Waals surface area contributed by atoms with E-state index in [1.165, 1.54) is 50.7 Å². The van der Waals surface area contributed by atoms with Crippen molar-refractivity contribution in [2.24, 2.45) is 23.2 Å². The fourth-order valence-electron chi connectivity index (χ4n) is 5.50. The van der Waals surface area contributed by atoms with Gasteiger partial charge in [-0.15, -0.1) is 0 Å². The van der Waals surface area contributed by atoms with Gasteiger partial charge in [-0.2, -0.15) is 0 Å². The Morgan fingerprint density at radius 2 is 1.78 bits per heavy atom. The van der Waals surface area contributed by atoms with E-state index in [2.05, 4.69) is 0 Å². The summed E-state index contributed by atoms with van der Waals surface area (Å²) in [4.78, 5) is 11.0. The number of carbonyl (C=O) groups is 1. The summed E-state index contributed by atoms with van der Waals surface area (Å²) in [5.74, 6) is 1.08. The van der Waals surface area contributed by atoms with Crippen molar-refractivity contribution in [1.82, 2.24) is 0 Å². The molecule has 0 atom stereocenters. The monoisotopic (exact) mass is 430 g/mol. The smallest absolute Gasteiger partial charge is 0.338 e. The molecule has 3 nitrogen and oxygen atoms in total. The van der Waals surface area contributed by atoms with Crippen molar-refractivity contribution in [1.29, 1.82) is 0 Å². The molecule has 0 unspecified atom stereocenters. The van der Waals surface area contributed by atoms with Crippen LogP contribution in [0.15, 0.2) is 12.1 Å². The van der Waals surface area contributed by atoms with Crippen molar-refractivity contribution in [2.75, 3.05) is 6.61 Å². The van der Waals surface area contributed by atoms with Crippen LogP contribution in [0.1, 0.15) is 48.9 Å². The number of ether oxygens (including phenoxy) is 1. The molecule has 0 saturated heterocycles. The minimum absolute atomic E-state index is 0.264. The zero-order valence-corrected chi connectivity index (χ0v) is 15.0. The second-order valence-electron chi connectivity index (χ2n) is 7.77. The molecule has 124 valence electrons. The van der Waals surface area contributed by atoms with Gasteiger partial charge in [0, 0.05) is 11.5 Å². The number of carboxylic acids is 1. The quantitative estimate of drug-likeness (QED) is 0.704. The summed E-state index contributed by atoms with van der Waals surface area (Å²) in [6.45, 7) is 0.637. The highest BCUT2D eigenvalue weighted by Crippen LogP contribution is 2.60. The summed E-state index contributed by atoms with van der Waals surface area (Å²) in [6.07, 6.45) is 7.89. The molecule has 0 radical (unpaired) electrons. The largest absolute Gasteiger partial charge is 0.492 e. The minimum Gasteiger partial charge on any atom is -0.492 e. The zero-order valence-electron chi connectivity index (χ0n) is 12.9. The molecule has 1 N–H and O–H groups in total. The summed E-state index contributed by atoms with van der Waals surface area (Å²) in [6, 6.07) is 2.58. The molecule has 4 saturated carbocycles. The predicted octanol–water partition coefficient (Wildman–Crippen LogP) is 4.72. The maximum absolute atomic E-state index is 13.9. The molecule has 0 amide bonds. The molecular weight excluding hydrogens is 410 g/mol.